The van der Waals surface area contributed by atoms with Crippen LogP contribution in [0.1, 0.15) is 30.1 Å². The smallest absolute Gasteiger partial charge is 0.261 e. The largest absolute Gasteiger partial charge is 0.378 e. The Bertz CT molecular complexity index is 596. The lowest BCUT2D eigenvalue weighted by atomic mass is 9.89. The van der Waals surface area contributed by atoms with E-state index in [4.69, 9.17) is 15.4 Å². The average Bonchev–Trinajstić information content (AvgIpc) is 2.35. The summed E-state index contributed by atoms with van der Waals surface area (Å²) < 4.78 is 27.9. The van der Waals surface area contributed by atoms with Crippen LogP contribution in [0.15, 0.2) is 29.2 Å². The number of halogens is 1. The molecule has 110 valence electrons. The molecule has 2 rings (SSSR count). The van der Waals surface area contributed by atoms with Crippen LogP contribution in [0.5, 0.6) is 0 Å². The first-order valence-corrected chi connectivity index (χ1v) is 8.68. The predicted octanol–water partition coefficient (Wildman–Crippen LogP) is 1.91. The van der Waals surface area contributed by atoms with Crippen LogP contribution in [-0.4, -0.2) is 33.1 Å². The first kappa shape index (κ1) is 15.3. The Morgan fingerprint density at radius 2 is 2.15 bits per heavy atom. The lowest BCUT2D eigenvalue weighted by molar-refractivity contribution is -0.00862. The van der Waals surface area contributed by atoms with Crippen LogP contribution in [0, 0.1) is 0 Å². The highest BCUT2D eigenvalue weighted by molar-refractivity contribution is 8.13. The summed E-state index contributed by atoms with van der Waals surface area (Å²) in [5, 5.41) is 2.84. The summed E-state index contributed by atoms with van der Waals surface area (Å²) >= 11 is 0. The van der Waals surface area contributed by atoms with Gasteiger partial charge in [0, 0.05) is 28.9 Å². The van der Waals surface area contributed by atoms with Crippen molar-refractivity contribution in [3.8, 4) is 0 Å². The number of ether oxygens (including phenoxy) is 1. The van der Waals surface area contributed by atoms with E-state index >= 15 is 0 Å². The molecule has 0 aliphatic heterocycles. The standard InChI is InChI=1S/C13H16ClNO4S/c1-2-19-11-7-10(8-11)15-13(16)9-4-3-5-12(6-9)20(14,17)18/h3-6,10-11H,2,7-8H2,1H3,(H,15,16). The molecule has 0 atom stereocenters. The number of carbonyl (C=O) groups excluding carboxylic acids is 1. The van der Waals surface area contributed by atoms with Crippen LogP contribution in [0.2, 0.25) is 0 Å². The van der Waals surface area contributed by atoms with Crippen molar-refractivity contribution in [2.75, 3.05) is 6.61 Å². The third-order valence-electron chi connectivity index (χ3n) is 3.21. The van der Waals surface area contributed by atoms with Crippen LogP contribution >= 0.6 is 10.7 Å². The van der Waals surface area contributed by atoms with E-state index in [-0.39, 0.29) is 28.5 Å². The van der Waals surface area contributed by atoms with Crippen molar-refractivity contribution < 1.29 is 17.9 Å². The van der Waals surface area contributed by atoms with Crippen molar-refractivity contribution in [2.24, 2.45) is 0 Å². The van der Waals surface area contributed by atoms with Crippen LogP contribution in [0.25, 0.3) is 0 Å². The van der Waals surface area contributed by atoms with Gasteiger partial charge in [0.25, 0.3) is 15.0 Å². The van der Waals surface area contributed by atoms with Crippen LogP contribution in [0.4, 0.5) is 0 Å². The van der Waals surface area contributed by atoms with E-state index in [2.05, 4.69) is 5.32 Å². The van der Waals surface area contributed by atoms with Crippen LogP contribution < -0.4 is 5.32 Å². The number of nitrogens with one attached hydrogen (secondary N) is 1. The van der Waals surface area contributed by atoms with Crippen molar-refractivity contribution in [3.63, 3.8) is 0 Å². The van der Waals surface area contributed by atoms with Gasteiger partial charge in [-0.2, -0.15) is 0 Å². The Hall–Kier alpha value is -1.11. The Kier molecular flexibility index (Phi) is 4.67. The normalized spacial score (nSPS) is 22.1. The highest BCUT2D eigenvalue weighted by Crippen LogP contribution is 2.24. The summed E-state index contributed by atoms with van der Waals surface area (Å²) in [4.78, 5) is 11.9. The molecule has 0 bridgehead atoms. The maximum absolute atomic E-state index is 12.0. The van der Waals surface area contributed by atoms with Gasteiger partial charge in [0.1, 0.15) is 0 Å². The first-order valence-electron chi connectivity index (χ1n) is 6.37. The van der Waals surface area contributed by atoms with Gasteiger partial charge in [-0.1, -0.05) is 6.07 Å². The Balaban J connectivity index is 1.97. The van der Waals surface area contributed by atoms with E-state index in [1.54, 1.807) is 6.07 Å². The molecule has 1 amide bonds. The molecular weight excluding hydrogens is 302 g/mol. The fourth-order valence-corrected chi connectivity index (χ4v) is 2.91. The Labute approximate surface area is 122 Å². The molecule has 0 saturated heterocycles. The van der Waals surface area contributed by atoms with Gasteiger partial charge in [-0.05, 0) is 38.0 Å². The molecule has 1 aromatic carbocycles. The second-order valence-electron chi connectivity index (χ2n) is 4.68. The average molecular weight is 318 g/mol. The van der Waals surface area contributed by atoms with Crippen molar-refractivity contribution in [1.82, 2.24) is 5.32 Å². The predicted molar refractivity (Wildman–Crippen MR) is 75.4 cm³/mol. The minimum absolute atomic E-state index is 0.0763. The molecule has 0 unspecified atom stereocenters. The van der Waals surface area contributed by atoms with E-state index in [1.807, 2.05) is 6.92 Å². The van der Waals surface area contributed by atoms with Gasteiger partial charge in [-0.25, -0.2) is 8.42 Å². The zero-order valence-electron chi connectivity index (χ0n) is 11.0. The Morgan fingerprint density at radius 1 is 1.45 bits per heavy atom. The number of carbonyl (C=O) groups is 1. The van der Waals surface area contributed by atoms with Gasteiger partial charge in [0.2, 0.25) is 0 Å². The van der Waals surface area contributed by atoms with E-state index in [1.165, 1.54) is 18.2 Å². The number of hydrogen-bond acceptors (Lipinski definition) is 4. The highest BCUT2D eigenvalue weighted by atomic mass is 35.7. The second-order valence-corrected chi connectivity index (χ2v) is 7.25. The molecule has 1 saturated carbocycles. The Morgan fingerprint density at radius 3 is 2.75 bits per heavy atom. The van der Waals surface area contributed by atoms with Gasteiger partial charge in [-0.15, -0.1) is 0 Å². The molecule has 1 N–H and O–H groups in total. The number of hydrogen-bond donors (Lipinski definition) is 1. The summed E-state index contributed by atoms with van der Waals surface area (Å²) in [5.74, 6) is -0.299. The van der Waals surface area contributed by atoms with E-state index < -0.39 is 9.05 Å². The lowest BCUT2D eigenvalue weighted by Crippen LogP contribution is -2.47. The molecule has 1 fully saturated rings. The number of amides is 1. The van der Waals surface area contributed by atoms with Crippen molar-refractivity contribution >= 4 is 25.6 Å². The lowest BCUT2D eigenvalue weighted by Gasteiger charge is -2.35. The monoisotopic (exact) mass is 317 g/mol. The summed E-state index contributed by atoms with van der Waals surface area (Å²) in [6, 6.07) is 5.76. The summed E-state index contributed by atoms with van der Waals surface area (Å²) in [5.41, 5.74) is 0.284. The molecule has 5 nitrogen and oxygen atoms in total. The van der Waals surface area contributed by atoms with Gasteiger partial charge in [0.05, 0.1) is 11.0 Å². The maximum atomic E-state index is 12.0. The van der Waals surface area contributed by atoms with Crippen LogP contribution in [-0.2, 0) is 13.8 Å². The molecule has 0 radical (unpaired) electrons. The van der Waals surface area contributed by atoms with E-state index in [0.717, 1.165) is 12.8 Å². The molecule has 20 heavy (non-hydrogen) atoms. The van der Waals surface area contributed by atoms with E-state index in [9.17, 15) is 13.2 Å². The molecule has 1 aromatic rings. The first-order chi connectivity index (χ1) is 9.40. The molecule has 0 heterocycles. The zero-order chi connectivity index (χ0) is 14.8. The number of benzene rings is 1. The molecule has 7 heteroatoms. The third kappa shape index (κ3) is 3.71. The second kappa shape index (κ2) is 6.11. The van der Waals surface area contributed by atoms with Gasteiger partial charge in [0.15, 0.2) is 0 Å². The molecule has 1 aliphatic carbocycles. The molecular formula is C13H16ClNO4S. The van der Waals surface area contributed by atoms with Gasteiger partial charge >= 0.3 is 0 Å². The summed E-state index contributed by atoms with van der Waals surface area (Å²) in [6.07, 6.45) is 1.78. The van der Waals surface area contributed by atoms with Gasteiger partial charge in [-0.3, -0.25) is 4.79 Å². The fraction of sp³-hybridized carbons (Fsp3) is 0.462. The van der Waals surface area contributed by atoms with E-state index in [0.29, 0.717) is 6.61 Å². The van der Waals surface area contributed by atoms with Gasteiger partial charge < -0.3 is 10.1 Å². The number of rotatable bonds is 5. The summed E-state index contributed by atoms with van der Waals surface area (Å²) in [6.45, 7) is 2.60. The van der Waals surface area contributed by atoms with Crippen LogP contribution in [0.3, 0.4) is 0 Å². The van der Waals surface area contributed by atoms with Crippen molar-refractivity contribution in [2.45, 2.75) is 36.8 Å². The maximum Gasteiger partial charge on any atom is 0.261 e. The minimum atomic E-state index is -3.82. The van der Waals surface area contributed by atoms with Crippen molar-refractivity contribution in [1.29, 1.82) is 0 Å². The molecule has 1 aliphatic rings. The highest BCUT2D eigenvalue weighted by Gasteiger charge is 2.30. The quantitative estimate of drug-likeness (QED) is 0.842. The fourth-order valence-electron chi connectivity index (χ4n) is 2.11. The zero-order valence-corrected chi connectivity index (χ0v) is 12.6. The minimum Gasteiger partial charge on any atom is -0.378 e. The molecule has 0 aromatic heterocycles. The molecule has 0 spiro atoms. The summed E-state index contributed by atoms with van der Waals surface area (Å²) in [7, 11) is 1.43. The van der Waals surface area contributed by atoms with Crippen molar-refractivity contribution in [3.05, 3.63) is 29.8 Å². The topological polar surface area (TPSA) is 72.5 Å². The SMILES string of the molecule is CCOC1CC(NC(=O)c2cccc(S(=O)(=O)Cl)c2)C1. The third-order valence-corrected chi connectivity index (χ3v) is 4.56.